The van der Waals surface area contributed by atoms with E-state index < -0.39 is 0 Å². The van der Waals surface area contributed by atoms with Crippen LogP contribution in [0.3, 0.4) is 0 Å². The van der Waals surface area contributed by atoms with Crippen LogP contribution in [0.5, 0.6) is 0 Å². The molecule has 4 nitrogen and oxygen atoms in total. The summed E-state index contributed by atoms with van der Waals surface area (Å²) in [6.45, 7) is 7.29. The number of thiazole rings is 1. The lowest BCUT2D eigenvalue weighted by molar-refractivity contribution is 0.0440. The lowest BCUT2D eigenvalue weighted by Gasteiger charge is -2.32. The Bertz CT molecular complexity index is 383. The van der Waals surface area contributed by atoms with E-state index in [2.05, 4.69) is 29.0 Å². The number of anilines is 1. The molecule has 0 spiro atoms. The number of nitrogens with one attached hydrogen (secondary N) is 1. The first kappa shape index (κ1) is 14.8. The zero-order valence-corrected chi connectivity index (χ0v) is 13.0. The van der Waals surface area contributed by atoms with E-state index in [0.29, 0.717) is 12.1 Å². The van der Waals surface area contributed by atoms with Crippen LogP contribution in [-0.2, 0) is 4.74 Å². The Hall–Kier alpha value is -0.650. The van der Waals surface area contributed by atoms with Gasteiger partial charge >= 0.3 is 0 Å². The van der Waals surface area contributed by atoms with E-state index in [-0.39, 0.29) is 0 Å². The van der Waals surface area contributed by atoms with E-state index in [0.717, 1.165) is 31.2 Å². The molecular formula is C14H25N3OS. The highest BCUT2D eigenvalue weighted by Gasteiger charge is 2.22. The van der Waals surface area contributed by atoms with Gasteiger partial charge in [-0.2, -0.15) is 0 Å². The number of hydrogen-bond acceptors (Lipinski definition) is 5. The van der Waals surface area contributed by atoms with Crippen molar-refractivity contribution in [2.75, 3.05) is 31.6 Å². The molecule has 1 fully saturated rings. The van der Waals surface area contributed by atoms with Crippen LogP contribution in [0.2, 0.25) is 0 Å². The van der Waals surface area contributed by atoms with Gasteiger partial charge in [-0.1, -0.05) is 6.92 Å². The van der Waals surface area contributed by atoms with Crippen molar-refractivity contribution in [3.05, 3.63) is 11.1 Å². The predicted octanol–water partition coefficient (Wildman–Crippen LogP) is 2.82. The number of nitrogens with zero attached hydrogens (tertiary/aromatic N) is 2. The fourth-order valence-electron chi connectivity index (χ4n) is 2.30. The molecule has 0 aliphatic carbocycles. The van der Waals surface area contributed by atoms with Gasteiger partial charge in [-0.25, -0.2) is 4.98 Å². The van der Waals surface area contributed by atoms with E-state index in [1.54, 1.807) is 11.3 Å². The number of rotatable bonds is 6. The maximum Gasteiger partial charge on any atom is 0.185 e. The summed E-state index contributed by atoms with van der Waals surface area (Å²) in [6, 6.07) is 0.378. The van der Waals surface area contributed by atoms with E-state index in [9.17, 15) is 0 Å². The molecule has 19 heavy (non-hydrogen) atoms. The van der Waals surface area contributed by atoms with Gasteiger partial charge in [0, 0.05) is 36.8 Å². The smallest absolute Gasteiger partial charge is 0.185 e. The molecular weight excluding hydrogens is 258 g/mol. The molecule has 108 valence electrons. The van der Waals surface area contributed by atoms with Crippen LogP contribution in [0.15, 0.2) is 6.20 Å². The fourth-order valence-corrected chi connectivity index (χ4v) is 3.31. The van der Waals surface area contributed by atoms with Crippen molar-refractivity contribution in [1.29, 1.82) is 0 Å². The van der Waals surface area contributed by atoms with Gasteiger partial charge < -0.3 is 15.0 Å². The van der Waals surface area contributed by atoms with Crippen molar-refractivity contribution in [2.45, 2.75) is 45.3 Å². The lowest BCUT2D eigenvalue weighted by atomic mass is 10.1. The zero-order valence-electron chi connectivity index (χ0n) is 12.2. The SMILES string of the molecule is CCCOC1CCCN(c2ncc(C(C)NC)s2)C1. The second kappa shape index (κ2) is 7.22. The molecule has 0 saturated carbocycles. The molecule has 1 aromatic rings. The molecule has 1 N–H and O–H groups in total. The van der Waals surface area contributed by atoms with E-state index in [1.165, 1.54) is 17.7 Å². The first-order valence-electron chi connectivity index (χ1n) is 7.24. The van der Waals surface area contributed by atoms with Gasteiger partial charge in [0.1, 0.15) is 0 Å². The van der Waals surface area contributed by atoms with Crippen molar-refractivity contribution in [2.24, 2.45) is 0 Å². The molecule has 2 atom stereocenters. The Kier molecular flexibility index (Phi) is 5.60. The summed E-state index contributed by atoms with van der Waals surface area (Å²) in [5, 5.41) is 4.40. The normalized spacial score (nSPS) is 21.6. The number of hydrogen-bond donors (Lipinski definition) is 1. The van der Waals surface area contributed by atoms with Gasteiger partial charge in [0.05, 0.1) is 6.10 Å². The molecule has 0 amide bonds. The van der Waals surface area contributed by atoms with Crippen LogP contribution in [0, 0.1) is 0 Å². The summed E-state index contributed by atoms with van der Waals surface area (Å²) >= 11 is 1.79. The first-order valence-corrected chi connectivity index (χ1v) is 8.05. The Morgan fingerprint density at radius 3 is 3.21 bits per heavy atom. The standard InChI is InChI=1S/C14H25N3OS/c1-4-8-18-12-6-5-7-17(10-12)14-16-9-13(19-14)11(2)15-3/h9,11-12,15H,4-8,10H2,1-3H3. The highest BCUT2D eigenvalue weighted by Crippen LogP contribution is 2.29. The van der Waals surface area contributed by atoms with Gasteiger partial charge in [-0.15, -0.1) is 11.3 Å². The number of piperidine rings is 1. The number of ether oxygens (including phenoxy) is 1. The van der Waals surface area contributed by atoms with Gasteiger partial charge in [-0.3, -0.25) is 0 Å². The van der Waals surface area contributed by atoms with Crippen LogP contribution in [-0.4, -0.2) is 37.8 Å². The second-order valence-corrected chi connectivity index (χ2v) is 6.18. The van der Waals surface area contributed by atoms with Crippen molar-refractivity contribution in [3.8, 4) is 0 Å². The Morgan fingerprint density at radius 2 is 2.47 bits per heavy atom. The summed E-state index contributed by atoms with van der Waals surface area (Å²) in [5.74, 6) is 0. The minimum absolute atomic E-state index is 0.378. The fraction of sp³-hybridized carbons (Fsp3) is 0.786. The first-order chi connectivity index (χ1) is 9.24. The second-order valence-electron chi connectivity index (χ2n) is 5.14. The van der Waals surface area contributed by atoms with Crippen LogP contribution in [0.4, 0.5) is 5.13 Å². The molecule has 1 aliphatic heterocycles. The van der Waals surface area contributed by atoms with Crippen LogP contribution in [0.25, 0.3) is 0 Å². The topological polar surface area (TPSA) is 37.4 Å². The van der Waals surface area contributed by atoms with Gasteiger partial charge in [0.2, 0.25) is 0 Å². The summed E-state index contributed by atoms with van der Waals surface area (Å²) in [4.78, 5) is 8.25. The van der Waals surface area contributed by atoms with Crippen LogP contribution in [0.1, 0.15) is 44.0 Å². The zero-order chi connectivity index (χ0) is 13.7. The molecule has 0 radical (unpaired) electrons. The predicted molar refractivity (Wildman–Crippen MR) is 81.1 cm³/mol. The number of aromatic nitrogens is 1. The van der Waals surface area contributed by atoms with Crippen LogP contribution >= 0.6 is 11.3 Å². The molecule has 5 heteroatoms. The summed E-state index contributed by atoms with van der Waals surface area (Å²) < 4.78 is 5.88. The molecule has 2 rings (SSSR count). The van der Waals surface area contributed by atoms with Crippen molar-refractivity contribution < 1.29 is 4.74 Å². The third-order valence-corrected chi connectivity index (χ3v) is 4.82. The minimum atomic E-state index is 0.378. The largest absolute Gasteiger partial charge is 0.376 e. The highest BCUT2D eigenvalue weighted by atomic mass is 32.1. The van der Waals surface area contributed by atoms with Crippen molar-refractivity contribution in [1.82, 2.24) is 10.3 Å². The summed E-state index contributed by atoms with van der Waals surface area (Å²) in [7, 11) is 1.99. The molecule has 0 bridgehead atoms. The van der Waals surface area contributed by atoms with Crippen molar-refractivity contribution >= 4 is 16.5 Å². The Balaban J connectivity index is 1.95. The monoisotopic (exact) mass is 283 g/mol. The van der Waals surface area contributed by atoms with Gasteiger partial charge in [-0.05, 0) is 33.2 Å². The average Bonchev–Trinajstić information content (AvgIpc) is 2.94. The third-order valence-electron chi connectivity index (χ3n) is 3.58. The third kappa shape index (κ3) is 3.91. The molecule has 2 unspecified atom stereocenters. The maximum atomic E-state index is 5.88. The Morgan fingerprint density at radius 1 is 1.63 bits per heavy atom. The van der Waals surface area contributed by atoms with Crippen LogP contribution < -0.4 is 10.2 Å². The minimum Gasteiger partial charge on any atom is -0.376 e. The van der Waals surface area contributed by atoms with E-state index in [4.69, 9.17) is 4.74 Å². The van der Waals surface area contributed by atoms with Gasteiger partial charge in [0.25, 0.3) is 0 Å². The van der Waals surface area contributed by atoms with Gasteiger partial charge in [0.15, 0.2) is 5.13 Å². The summed E-state index contributed by atoms with van der Waals surface area (Å²) in [5.41, 5.74) is 0. The highest BCUT2D eigenvalue weighted by molar-refractivity contribution is 7.15. The quantitative estimate of drug-likeness (QED) is 0.871. The van der Waals surface area contributed by atoms with E-state index in [1.807, 2.05) is 13.2 Å². The molecule has 0 aromatic carbocycles. The molecule has 1 aromatic heterocycles. The molecule has 1 saturated heterocycles. The lowest BCUT2D eigenvalue weighted by Crippen LogP contribution is -2.39. The summed E-state index contributed by atoms with van der Waals surface area (Å²) in [6.07, 6.45) is 5.85. The van der Waals surface area contributed by atoms with E-state index >= 15 is 0 Å². The average molecular weight is 283 g/mol. The van der Waals surface area contributed by atoms with Crippen molar-refractivity contribution in [3.63, 3.8) is 0 Å². The molecule has 1 aliphatic rings. The maximum absolute atomic E-state index is 5.88. The molecule has 2 heterocycles. The Labute approximate surface area is 120 Å².